The molecule has 140 valence electrons. The first-order valence-electron chi connectivity index (χ1n) is 8.96. The summed E-state index contributed by atoms with van der Waals surface area (Å²) in [4.78, 5) is 29.3. The minimum Gasteiger partial charge on any atom is -0.494 e. The molecule has 0 aliphatic rings. The molecule has 2 aromatic carbocycles. The number of carbonyl (C=O) groups excluding carboxylic acids is 1. The number of rotatable bonds is 7. The predicted octanol–water partition coefficient (Wildman–Crippen LogP) is 3.35. The summed E-state index contributed by atoms with van der Waals surface area (Å²) in [5.74, 6) is 0.776. The maximum Gasteiger partial charge on any atom is 0.338 e. The molecule has 0 saturated carbocycles. The van der Waals surface area contributed by atoms with Crippen molar-refractivity contribution in [3.05, 3.63) is 70.3 Å². The van der Waals surface area contributed by atoms with E-state index in [1.807, 2.05) is 19.1 Å². The molecule has 0 radical (unpaired) electrons. The molecule has 0 spiro atoms. The standard InChI is InChI=1S/C21H22N2O4/c1-3-12-26-17-8-6-7-16(14-17)21(25)27-13-11-23-15(2)22-19-10-5-4-9-18(19)20(23)24/h4-10,14H,3,11-13H2,1-2H3. The minimum absolute atomic E-state index is 0.0830. The Balaban J connectivity index is 1.67. The van der Waals surface area contributed by atoms with Crippen LogP contribution in [-0.2, 0) is 11.3 Å². The maximum atomic E-state index is 12.6. The van der Waals surface area contributed by atoms with Gasteiger partial charge in [0.25, 0.3) is 5.56 Å². The summed E-state index contributed by atoms with van der Waals surface area (Å²) in [6.45, 7) is 4.71. The second-order valence-corrected chi connectivity index (χ2v) is 6.15. The van der Waals surface area contributed by atoms with Gasteiger partial charge in [0.2, 0.25) is 0 Å². The fraction of sp³-hybridized carbons (Fsp3) is 0.286. The average Bonchev–Trinajstić information content (AvgIpc) is 2.69. The Hall–Kier alpha value is -3.15. The van der Waals surface area contributed by atoms with Crippen molar-refractivity contribution in [2.75, 3.05) is 13.2 Å². The lowest BCUT2D eigenvalue weighted by atomic mass is 10.2. The molecule has 0 atom stereocenters. The second-order valence-electron chi connectivity index (χ2n) is 6.15. The van der Waals surface area contributed by atoms with Crippen LogP contribution < -0.4 is 10.3 Å². The number of benzene rings is 2. The molecule has 0 aliphatic carbocycles. The van der Waals surface area contributed by atoms with E-state index in [4.69, 9.17) is 9.47 Å². The number of aromatic nitrogens is 2. The van der Waals surface area contributed by atoms with Crippen molar-refractivity contribution in [1.29, 1.82) is 0 Å². The SMILES string of the molecule is CCCOc1cccc(C(=O)OCCn2c(C)nc3ccccc3c2=O)c1. The number of aryl methyl sites for hydroxylation is 1. The summed E-state index contributed by atoms with van der Waals surface area (Å²) in [6, 6.07) is 14.1. The molecule has 6 heteroatoms. The first kappa shape index (κ1) is 18.6. The Kier molecular flexibility index (Phi) is 5.86. The van der Waals surface area contributed by atoms with E-state index in [0.29, 0.717) is 34.6 Å². The smallest absolute Gasteiger partial charge is 0.338 e. The largest absolute Gasteiger partial charge is 0.494 e. The first-order chi connectivity index (χ1) is 13.1. The summed E-state index contributed by atoms with van der Waals surface area (Å²) in [6.07, 6.45) is 0.891. The number of hydrogen-bond donors (Lipinski definition) is 0. The van der Waals surface area contributed by atoms with Crippen LogP contribution in [0, 0.1) is 6.92 Å². The van der Waals surface area contributed by atoms with Crippen LogP contribution in [0.4, 0.5) is 0 Å². The number of fused-ring (bicyclic) bond motifs is 1. The highest BCUT2D eigenvalue weighted by Gasteiger charge is 2.11. The molecular weight excluding hydrogens is 344 g/mol. The maximum absolute atomic E-state index is 12.6. The number of hydrogen-bond acceptors (Lipinski definition) is 5. The molecule has 0 saturated heterocycles. The lowest BCUT2D eigenvalue weighted by Gasteiger charge is -2.11. The number of esters is 1. The van der Waals surface area contributed by atoms with Gasteiger partial charge in [-0.2, -0.15) is 0 Å². The van der Waals surface area contributed by atoms with Crippen molar-refractivity contribution in [2.24, 2.45) is 0 Å². The summed E-state index contributed by atoms with van der Waals surface area (Å²) in [5, 5.41) is 0.551. The van der Waals surface area contributed by atoms with Gasteiger partial charge in [0.1, 0.15) is 18.2 Å². The first-order valence-corrected chi connectivity index (χ1v) is 8.96. The molecule has 27 heavy (non-hydrogen) atoms. The normalized spacial score (nSPS) is 10.7. The molecule has 0 unspecified atom stereocenters. The highest BCUT2D eigenvalue weighted by Crippen LogP contribution is 2.14. The van der Waals surface area contributed by atoms with Crippen LogP contribution in [0.1, 0.15) is 29.5 Å². The van der Waals surface area contributed by atoms with Gasteiger partial charge in [0.05, 0.1) is 29.6 Å². The van der Waals surface area contributed by atoms with Crippen LogP contribution in [0.3, 0.4) is 0 Å². The van der Waals surface area contributed by atoms with E-state index in [2.05, 4.69) is 4.98 Å². The van der Waals surface area contributed by atoms with Crippen molar-refractivity contribution < 1.29 is 14.3 Å². The van der Waals surface area contributed by atoms with Gasteiger partial charge in [-0.05, 0) is 43.7 Å². The van der Waals surface area contributed by atoms with Crippen LogP contribution in [0.25, 0.3) is 10.9 Å². The topological polar surface area (TPSA) is 70.4 Å². The summed E-state index contributed by atoms with van der Waals surface area (Å²) in [7, 11) is 0. The molecule has 0 aliphatic heterocycles. The Labute approximate surface area is 157 Å². The van der Waals surface area contributed by atoms with E-state index in [1.54, 1.807) is 43.3 Å². The molecule has 6 nitrogen and oxygen atoms in total. The van der Waals surface area contributed by atoms with Gasteiger partial charge in [0, 0.05) is 0 Å². The molecule has 1 aromatic heterocycles. The third-order valence-corrected chi connectivity index (χ3v) is 4.14. The number of ether oxygens (including phenoxy) is 2. The lowest BCUT2D eigenvalue weighted by Crippen LogP contribution is -2.26. The van der Waals surface area contributed by atoms with E-state index >= 15 is 0 Å². The summed E-state index contributed by atoms with van der Waals surface area (Å²) >= 11 is 0. The van der Waals surface area contributed by atoms with Gasteiger partial charge in [-0.3, -0.25) is 9.36 Å². The number of para-hydroxylation sites is 1. The van der Waals surface area contributed by atoms with Crippen molar-refractivity contribution in [2.45, 2.75) is 26.8 Å². The van der Waals surface area contributed by atoms with Crippen LogP contribution in [0.5, 0.6) is 5.75 Å². The van der Waals surface area contributed by atoms with Gasteiger partial charge >= 0.3 is 5.97 Å². The van der Waals surface area contributed by atoms with E-state index in [9.17, 15) is 9.59 Å². The van der Waals surface area contributed by atoms with E-state index in [0.717, 1.165) is 6.42 Å². The molecule has 1 heterocycles. The van der Waals surface area contributed by atoms with Crippen molar-refractivity contribution in [1.82, 2.24) is 9.55 Å². The van der Waals surface area contributed by atoms with Crippen molar-refractivity contribution in [3.8, 4) is 5.75 Å². The Bertz CT molecular complexity index is 1010. The van der Waals surface area contributed by atoms with Crippen molar-refractivity contribution >= 4 is 16.9 Å². The van der Waals surface area contributed by atoms with Gasteiger partial charge in [-0.1, -0.05) is 25.1 Å². The zero-order chi connectivity index (χ0) is 19.2. The second kappa shape index (κ2) is 8.49. The van der Waals surface area contributed by atoms with Gasteiger partial charge in [-0.15, -0.1) is 0 Å². The third-order valence-electron chi connectivity index (χ3n) is 4.14. The fourth-order valence-corrected chi connectivity index (χ4v) is 2.79. The monoisotopic (exact) mass is 366 g/mol. The van der Waals surface area contributed by atoms with Crippen LogP contribution in [0.2, 0.25) is 0 Å². The van der Waals surface area contributed by atoms with Crippen LogP contribution in [0.15, 0.2) is 53.3 Å². The molecular formula is C21H22N2O4. The lowest BCUT2D eigenvalue weighted by molar-refractivity contribution is 0.0489. The third kappa shape index (κ3) is 4.34. The zero-order valence-electron chi connectivity index (χ0n) is 15.5. The predicted molar refractivity (Wildman–Crippen MR) is 103 cm³/mol. The Morgan fingerprint density at radius 2 is 1.93 bits per heavy atom. The van der Waals surface area contributed by atoms with Crippen LogP contribution >= 0.6 is 0 Å². The summed E-state index contributed by atoms with van der Waals surface area (Å²) in [5.41, 5.74) is 0.950. The summed E-state index contributed by atoms with van der Waals surface area (Å²) < 4.78 is 12.4. The van der Waals surface area contributed by atoms with Gasteiger partial charge in [0.15, 0.2) is 0 Å². The Morgan fingerprint density at radius 3 is 2.74 bits per heavy atom. The molecule has 3 aromatic rings. The van der Waals surface area contributed by atoms with Gasteiger partial charge in [-0.25, -0.2) is 9.78 Å². The van der Waals surface area contributed by atoms with Crippen LogP contribution in [-0.4, -0.2) is 28.7 Å². The molecule has 0 fully saturated rings. The zero-order valence-corrected chi connectivity index (χ0v) is 15.5. The average molecular weight is 366 g/mol. The highest BCUT2D eigenvalue weighted by atomic mass is 16.5. The quantitative estimate of drug-likeness (QED) is 0.600. The van der Waals surface area contributed by atoms with E-state index < -0.39 is 5.97 Å². The van der Waals surface area contributed by atoms with E-state index in [1.165, 1.54) is 4.57 Å². The fourth-order valence-electron chi connectivity index (χ4n) is 2.79. The van der Waals surface area contributed by atoms with E-state index in [-0.39, 0.29) is 18.7 Å². The molecule has 0 N–H and O–H groups in total. The molecule has 0 bridgehead atoms. The minimum atomic E-state index is -0.448. The Morgan fingerprint density at radius 1 is 1.11 bits per heavy atom. The van der Waals surface area contributed by atoms with Crippen molar-refractivity contribution in [3.63, 3.8) is 0 Å². The number of carbonyl (C=O) groups is 1. The number of nitrogens with zero attached hydrogens (tertiary/aromatic N) is 2. The molecule has 0 amide bonds. The molecule has 3 rings (SSSR count). The highest BCUT2D eigenvalue weighted by molar-refractivity contribution is 5.89. The van der Waals surface area contributed by atoms with Gasteiger partial charge < -0.3 is 9.47 Å².